The minimum atomic E-state index is -0.107. The molecule has 3 rings (SSSR count). The van der Waals surface area contributed by atoms with E-state index in [1.54, 1.807) is 7.11 Å². The Morgan fingerprint density at radius 3 is 2.73 bits per heavy atom. The number of urea groups is 1. The van der Waals surface area contributed by atoms with Crippen LogP contribution in [0.15, 0.2) is 42.5 Å². The summed E-state index contributed by atoms with van der Waals surface area (Å²) in [6.07, 6.45) is 4.54. The first-order valence-electron chi connectivity index (χ1n) is 9.38. The van der Waals surface area contributed by atoms with Crippen molar-refractivity contribution >= 4 is 6.03 Å². The van der Waals surface area contributed by atoms with E-state index in [-0.39, 0.29) is 6.03 Å². The van der Waals surface area contributed by atoms with Crippen LogP contribution in [0.25, 0.3) is 0 Å². The molecule has 0 bridgehead atoms. The van der Waals surface area contributed by atoms with E-state index in [1.807, 2.05) is 25.1 Å². The van der Waals surface area contributed by atoms with Crippen molar-refractivity contribution in [2.45, 2.75) is 39.2 Å². The Kier molecular flexibility index (Phi) is 6.16. The Morgan fingerprint density at radius 2 is 1.92 bits per heavy atom. The van der Waals surface area contributed by atoms with Crippen LogP contribution in [0.1, 0.15) is 35.1 Å². The molecular formula is C22H28N2O2. The van der Waals surface area contributed by atoms with Gasteiger partial charge in [-0.3, -0.25) is 0 Å². The first-order chi connectivity index (χ1) is 12.7. The summed E-state index contributed by atoms with van der Waals surface area (Å²) in [5.41, 5.74) is 5.04. The van der Waals surface area contributed by atoms with Crippen molar-refractivity contribution in [1.29, 1.82) is 0 Å². The van der Waals surface area contributed by atoms with Gasteiger partial charge in [0.2, 0.25) is 0 Å². The van der Waals surface area contributed by atoms with Gasteiger partial charge in [-0.25, -0.2) is 4.79 Å². The Bertz CT molecular complexity index is 758. The molecule has 1 aliphatic carbocycles. The molecule has 0 heterocycles. The highest BCUT2D eigenvalue weighted by Crippen LogP contribution is 2.24. The Hall–Kier alpha value is -2.49. The molecule has 0 saturated carbocycles. The molecule has 4 heteroatoms. The summed E-state index contributed by atoms with van der Waals surface area (Å²) >= 11 is 0. The number of aryl methyl sites for hydroxylation is 1. The lowest BCUT2D eigenvalue weighted by Crippen LogP contribution is -2.38. The lowest BCUT2D eigenvalue weighted by atomic mass is 9.97. The van der Waals surface area contributed by atoms with Crippen LogP contribution in [-0.2, 0) is 19.4 Å². The molecule has 1 atom stereocenters. The number of fused-ring (bicyclic) bond motifs is 1. The van der Waals surface area contributed by atoms with Crippen LogP contribution in [0.4, 0.5) is 4.79 Å². The SMILES string of the molecule is COc1cccc(CNC(=O)NCC2CCCc3ccccc3C2)c1C. The van der Waals surface area contributed by atoms with Gasteiger partial charge in [-0.1, -0.05) is 36.4 Å². The molecule has 1 aliphatic rings. The van der Waals surface area contributed by atoms with E-state index in [2.05, 4.69) is 34.9 Å². The van der Waals surface area contributed by atoms with E-state index < -0.39 is 0 Å². The molecule has 2 N–H and O–H groups in total. The number of ether oxygens (including phenoxy) is 1. The zero-order chi connectivity index (χ0) is 18.4. The zero-order valence-electron chi connectivity index (χ0n) is 15.7. The predicted octanol–water partition coefficient (Wildman–Crippen LogP) is 4.00. The van der Waals surface area contributed by atoms with Crippen molar-refractivity contribution < 1.29 is 9.53 Å². The topological polar surface area (TPSA) is 50.4 Å². The maximum absolute atomic E-state index is 12.2. The van der Waals surface area contributed by atoms with Gasteiger partial charge in [-0.05, 0) is 66.8 Å². The van der Waals surface area contributed by atoms with Gasteiger partial charge < -0.3 is 15.4 Å². The molecule has 0 aromatic heterocycles. The van der Waals surface area contributed by atoms with Crippen LogP contribution in [0.5, 0.6) is 5.75 Å². The van der Waals surface area contributed by atoms with Gasteiger partial charge >= 0.3 is 6.03 Å². The maximum atomic E-state index is 12.2. The monoisotopic (exact) mass is 352 g/mol. The molecule has 0 radical (unpaired) electrons. The first kappa shape index (κ1) is 18.3. The molecule has 0 spiro atoms. The fraction of sp³-hybridized carbons (Fsp3) is 0.409. The minimum absolute atomic E-state index is 0.107. The lowest BCUT2D eigenvalue weighted by Gasteiger charge is -2.17. The van der Waals surface area contributed by atoms with Crippen LogP contribution in [0.2, 0.25) is 0 Å². The maximum Gasteiger partial charge on any atom is 0.315 e. The van der Waals surface area contributed by atoms with E-state index in [1.165, 1.54) is 17.5 Å². The smallest absolute Gasteiger partial charge is 0.315 e. The van der Waals surface area contributed by atoms with E-state index in [4.69, 9.17) is 4.74 Å². The van der Waals surface area contributed by atoms with Gasteiger partial charge in [0.15, 0.2) is 0 Å². The van der Waals surface area contributed by atoms with Gasteiger partial charge in [0.05, 0.1) is 7.11 Å². The summed E-state index contributed by atoms with van der Waals surface area (Å²) in [6, 6.07) is 14.5. The van der Waals surface area contributed by atoms with Crippen LogP contribution in [0.3, 0.4) is 0 Å². The van der Waals surface area contributed by atoms with Crippen molar-refractivity contribution in [1.82, 2.24) is 10.6 Å². The van der Waals surface area contributed by atoms with Crippen LogP contribution in [0, 0.1) is 12.8 Å². The van der Waals surface area contributed by atoms with Gasteiger partial charge in [-0.2, -0.15) is 0 Å². The molecule has 2 amide bonds. The fourth-order valence-electron chi connectivity index (χ4n) is 3.72. The number of methoxy groups -OCH3 is 1. The Balaban J connectivity index is 1.49. The normalized spacial score (nSPS) is 16.3. The summed E-state index contributed by atoms with van der Waals surface area (Å²) in [5.74, 6) is 1.35. The Labute approximate surface area is 156 Å². The van der Waals surface area contributed by atoms with E-state index in [9.17, 15) is 4.79 Å². The molecule has 2 aromatic carbocycles. The summed E-state index contributed by atoms with van der Waals surface area (Å²) in [7, 11) is 1.66. The molecule has 0 fully saturated rings. The largest absolute Gasteiger partial charge is 0.496 e. The standard InChI is InChI=1S/C22H28N2O2/c1-16-20(11-6-12-21(16)26-2)15-24-22(25)23-14-17-7-5-10-18-8-3-4-9-19(18)13-17/h3-4,6,8-9,11-12,17H,5,7,10,13-15H2,1-2H3,(H2,23,24,25). The molecule has 26 heavy (non-hydrogen) atoms. The second kappa shape index (κ2) is 8.75. The molecule has 0 aliphatic heterocycles. The average Bonchev–Trinajstić information content (AvgIpc) is 2.87. The summed E-state index contributed by atoms with van der Waals surface area (Å²) in [6.45, 7) is 3.23. The highest BCUT2D eigenvalue weighted by molar-refractivity contribution is 5.73. The van der Waals surface area contributed by atoms with Crippen molar-refractivity contribution in [3.8, 4) is 5.75 Å². The quantitative estimate of drug-likeness (QED) is 0.799. The third kappa shape index (κ3) is 4.57. The number of benzene rings is 2. The van der Waals surface area contributed by atoms with E-state index >= 15 is 0 Å². The van der Waals surface area contributed by atoms with Crippen molar-refractivity contribution in [3.05, 3.63) is 64.7 Å². The van der Waals surface area contributed by atoms with Gasteiger partial charge in [-0.15, -0.1) is 0 Å². The highest BCUT2D eigenvalue weighted by Gasteiger charge is 2.17. The molecule has 1 unspecified atom stereocenters. The van der Waals surface area contributed by atoms with Crippen LogP contribution in [-0.4, -0.2) is 19.7 Å². The van der Waals surface area contributed by atoms with Gasteiger partial charge in [0.25, 0.3) is 0 Å². The van der Waals surface area contributed by atoms with Crippen molar-refractivity contribution in [2.75, 3.05) is 13.7 Å². The second-order valence-corrected chi connectivity index (χ2v) is 7.04. The average molecular weight is 352 g/mol. The van der Waals surface area contributed by atoms with E-state index in [0.29, 0.717) is 12.5 Å². The summed E-state index contributed by atoms with van der Waals surface area (Å²) in [5, 5.41) is 6.01. The summed E-state index contributed by atoms with van der Waals surface area (Å²) in [4.78, 5) is 12.2. The molecule has 138 valence electrons. The fourth-order valence-corrected chi connectivity index (χ4v) is 3.72. The predicted molar refractivity (Wildman–Crippen MR) is 105 cm³/mol. The number of hydrogen-bond donors (Lipinski definition) is 2. The number of hydrogen-bond acceptors (Lipinski definition) is 2. The minimum Gasteiger partial charge on any atom is -0.496 e. The number of nitrogens with one attached hydrogen (secondary N) is 2. The van der Waals surface area contributed by atoms with Gasteiger partial charge in [0.1, 0.15) is 5.75 Å². The Morgan fingerprint density at radius 1 is 1.12 bits per heavy atom. The summed E-state index contributed by atoms with van der Waals surface area (Å²) < 4.78 is 5.33. The van der Waals surface area contributed by atoms with E-state index in [0.717, 1.165) is 42.7 Å². The van der Waals surface area contributed by atoms with Crippen molar-refractivity contribution in [2.24, 2.45) is 5.92 Å². The number of amides is 2. The van der Waals surface area contributed by atoms with Gasteiger partial charge in [0, 0.05) is 13.1 Å². The molecular weight excluding hydrogens is 324 g/mol. The first-order valence-corrected chi connectivity index (χ1v) is 9.38. The third-order valence-corrected chi connectivity index (χ3v) is 5.29. The molecule has 0 saturated heterocycles. The van der Waals surface area contributed by atoms with Crippen molar-refractivity contribution in [3.63, 3.8) is 0 Å². The molecule has 4 nitrogen and oxygen atoms in total. The number of carbonyl (C=O) groups is 1. The zero-order valence-corrected chi connectivity index (χ0v) is 15.7. The second-order valence-electron chi connectivity index (χ2n) is 7.04. The molecule has 2 aromatic rings. The third-order valence-electron chi connectivity index (χ3n) is 5.29. The lowest BCUT2D eigenvalue weighted by molar-refractivity contribution is 0.238. The van der Waals surface area contributed by atoms with Crippen LogP contribution < -0.4 is 15.4 Å². The number of carbonyl (C=O) groups excluding carboxylic acids is 1. The highest BCUT2D eigenvalue weighted by atomic mass is 16.5. The number of rotatable bonds is 5. The van der Waals surface area contributed by atoms with Crippen LogP contribution >= 0.6 is 0 Å².